The third kappa shape index (κ3) is 3.23. The average molecular weight is 300 g/mol. The molecule has 2 heterocycles. The van der Waals surface area contributed by atoms with Crippen LogP contribution in [0.1, 0.15) is 38.1 Å². The van der Waals surface area contributed by atoms with Crippen molar-refractivity contribution < 1.29 is 13.2 Å². The highest BCUT2D eigenvalue weighted by Gasteiger charge is 2.29. The van der Waals surface area contributed by atoms with E-state index in [2.05, 4.69) is 18.8 Å². The summed E-state index contributed by atoms with van der Waals surface area (Å²) in [4.78, 5) is 4.30. The smallest absolute Gasteiger partial charge is 0.228 e. The molecule has 1 unspecified atom stereocenters. The van der Waals surface area contributed by atoms with E-state index in [1.165, 1.54) is 0 Å². The third-order valence-electron chi connectivity index (χ3n) is 3.68. The molecular formula is C14H24N2O3S. The summed E-state index contributed by atoms with van der Waals surface area (Å²) in [5.74, 6) is 0.417. The first-order valence-electron chi connectivity index (χ1n) is 7.19. The van der Waals surface area contributed by atoms with Crippen molar-refractivity contribution in [2.75, 3.05) is 12.4 Å². The molecule has 1 atom stereocenters. The second-order valence-corrected chi connectivity index (χ2v) is 7.91. The van der Waals surface area contributed by atoms with Gasteiger partial charge in [0.05, 0.1) is 17.6 Å². The largest absolute Gasteiger partial charge is 0.377 e. The van der Waals surface area contributed by atoms with E-state index in [9.17, 15) is 8.42 Å². The van der Waals surface area contributed by atoms with Gasteiger partial charge in [-0.1, -0.05) is 13.8 Å². The topological polar surface area (TPSA) is 61.2 Å². The van der Waals surface area contributed by atoms with Crippen LogP contribution in [0.25, 0.3) is 0 Å². The summed E-state index contributed by atoms with van der Waals surface area (Å²) >= 11 is 0. The Morgan fingerprint density at radius 1 is 1.40 bits per heavy atom. The van der Waals surface area contributed by atoms with Crippen LogP contribution in [0.3, 0.4) is 0 Å². The number of aryl methyl sites for hydroxylation is 1. The molecule has 0 spiro atoms. The predicted octanol–water partition coefficient (Wildman–Crippen LogP) is 2.11. The molecular weight excluding hydrogens is 276 g/mol. The van der Waals surface area contributed by atoms with Crippen LogP contribution in [-0.4, -0.2) is 36.4 Å². The van der Waals surface area contributed by atoms with Crippen LogP contribution in [0.15, 0.2) is 5.16 Å². The molecule has 114 valence electrons. The molecule has 0 aromatic carbocycles. The zero-order chi connectivity index (χ0) is 14.9. The molecule has 1 fully saturated rings. The summed E-state index contributed by atoms with van der Waals surface area (Å²) in [6.07, 6.45) is 1.59. The number of ether oxygens (including phenoxy) is 1. The second kappa shape index (κ2) is 5.85. The first-order chi connectivity index (χ1) is 9.31. The van der Waals surface area contributed by atoms with Crippen molar-refractivity contribution in [1.29, 1.82) is 0 Å². The first-order valence-corrected chi connectivity index (χ1v) is 8.84. The zero-order valence-corrected chi connectivity index (χ0v) is 13.5. The highest BCUT2D eigenvalue weighted by Crippen LogP contribution is 2.22. The highest BCUT2D eigenvalue weighted by molar-refractivity contribution is 7.91. The lowest BCUT2D eigenvalue weighted by Gasteiger charge is -2.14. The lowest BCUT2D eigenvalue weighted by atomic mass is 10.2. The van der Waals surface area contributed by atoms with Crippen LogP contribution in [0, 0.1) is 19.8 Å². The van der Waals surface area contributed by atoms with E-state index in [-0.39, 0.29) is 17.0 Å². The van der Waals surface area contributed by atoms with Crippen molar-refractivity contribution >= 4 is 9.84 Å². The number of nitrogens with zero attached hydrogens (tertiary/aromatic N) is 2. The maximum absolute atomic E-state index is 12.6. The minimum absolute atomic E-state index is 0.0426. The third-order valence-corrected chi connectivity index (χ3v) is 5.36. The van der Waals surface area contributed by atoms with E-state index < -0.39 is 9.84 Å². The molecule has 1 aromatic heterocycles. The number of hydrogen-bond donors (Lipinski definition) is 0. The SMILES string of the molecule is Cc1nc(S(=O)(=O)CC2CCCO2)n(CC(C)C)c1C. The quantitative estimate of drug-likeness (QED) is 0.835. The average Bonchev–Trinajstić information content (AvgIpc) is 2.92. The van der Waals surface area contributed by atoms with Gasteiger partial charge in [0.25, 0.3) is 0 Å². The van der Waals surface area contributed by atoms with Gasteiger partial charge in [-0.05, 0) is 32.6 Å². The monoisotopic (exact) mass is 300 g/mol. The lowest BCUT2D eigenvalue weighted by molar-refractivity contribution is 0.127. The summed E-state index contributed by atoms with van der Waals surface area (Å²) in [6.45, 7) is 9.27. The molecule has 6 heteroatoms. The van der Waals surface area contributed by atoms with E-state index in [1.54, 1.807) is 0 Å². The number of sulfone groups is 1. The van der Waals surface area contributed by atoms with Gasteiger partial charge in [0.1, 0.15) is 0 Å². The van der Waals surface area contributed by atoms with Crippen molar-refractivity contribution in [3.8, 4) is 0 Å². The summed E-state index contributed by atoms with van der Waals surface area (Å²) < 4.78 is 32.5. The van der Waals surface area contributed by atoms with Crippen molar-refractivity contribution in [2.24, 2.45) is 5.92 Å². The minimum atomic E-state index is -3.39. The minimum Gasteiger partial charge on any atom is -0.377 e. The zero-order valence-electron chi connectivity index (χ0n) is 12.7. The molecule has 0 bridgehead atoms. The molecule has 0 aliphatic carbocycles. The molecule has 0 amide bonds. The molecule has 0 N–H and O–H groups in total. The predicted molar refractivity (Wildman–Crippen MR) is 77.6 cm³/mol. The van der Waals surface area contributed by atoms with Crippen LogP contribution in [0.5, 0.6) is 0 Å². The van der Waals surface area contributed by atoms with Gasteiger partial charge in [-0.2, -0.15) is 0 Å². The van der Waals surface area contributed by atoms with Gasteiger partial charge >= 0.3 is 0 Å². The van der Waals surface area contributed by atoms with Crippen molar-refractivity contribution in [1.82, 2.24) is 9.55 Å². The van der Waals surface area contributed by atoms with E-state index in [1.807, 2.05) is 18.4 Å². The Hall–Kier alpha value is -0.880. The first kappa shape index (κ1) is 15.5. The van der Waals surface area contributed by atoms with Crippen molar-refractivity contribution in [3.63, 3.8) is 0 Å². The standard InChI is InChI=1S/C14H24N2O3S/c1-10(2)8-16-12(4)11(3)15-14(16)20(17,18)9-13-6-5-7-19-13/h10,13H,5-9H2,1-4H3. The number of rotatable bonds is 5. The van der Waals surface area contributed by atoms with Crippen molar-refractivity contribution in [3.05, 3.63) is 11.4 Å². The number of imidazole rings is 1. The fourth-order valence-electron chi connectivity index (χ4n) is 2.54. The Balaban J connectivity index is 2.32. The summed E-state index contributed by atoms with van der Waals surface area (Å²) in [5.41, 5.74) is 1.72. The normalized spacial score (nSPS) is 19.9. The Bertz CT molecular complexity index is 569. The Morgan fingerprint density at radius 2 is 2.10 bits per heavy atom. The summed E-state index contributed by atoms with van der Waals surface area (Å²) in [6, 6.07) is 0. The summed E-state index contributed by atoms with van der Waals surface area (Å²) in [7, 11) is -3.39. The van der Waals surface area contributed by atoms with Crippen LogP contribution < -0.4 is 0 Å². The van der Waals surface area contributed by atoms with Gasteiger partial charge in [0.15, 0.2) is 0 Å². The molecule has 1 aromatic rings. The van der Waals surface area contributed by atoms with Gasteiger partial charge in [-0.15, -0.1) is 0 Å². The fourth-order valence-corrected chi connectivity index (χ4v) is 4.26. The number of aromatic nitrogens is 2. The fraction of sp³-hybridized carbons (Fsp3) is 0.786. The molecule has 1 aliphatic rings. The van der Waals surface area contributed by atoms with Crippen LogP contribution in [0.4, 0.5) is 0 Å². The van der Waals surface area contributed by atoms with Crippen LogP contribution in [0.2, 0.25) is 0 Å². The Morgan fingerprint density at radius 3 is 2.65 bits per heavy atom. The van der Waals surface area contributed by atoms with Crippen LogP contribution >= 0.6 is 0 Å². The highest BCUT2D eigenvalue weighted by atomic mass is 32.2. The molecule has 2 rings (SSSR count). The van der Waals surface area contributed by atoms with E-state index >= 15 is 0 Å². The van der Waals surface area contributed by atoms with Gasteiger partial charge in [0, 0.05) is 18.8 Å². The van der Waals surface area contributed by atoms with E-state index in [0.717, 1.165) is 24.2 Å². The van der Waals surface area contributed by atoms with Gasteiger partial charge in [0.2, 0.25) is 15.0 Å². The van der Waals surface area contributed by atoms with E-state index in [0.29, 0.717) is 19.1 Å². The summed E-state index contributed by atoms with van der Waals surface area (Å²) in [5, 5.41) is 0.205. The lowest BCUT2D eigenvalue weighted by Crippen LogP contribution is -2.24. The van der Waals surface area contributed by atoms with E-state index in [4.69, 9.17) is 4.74 Å². The Labute approximate surface area is 121 Å². The molecule has 0 radical (unpaired) electrons. The van der Waals surface area contributed by atoms with Gasteiger partial charge < -0.3 is 9.30 Å². The molecule has 1 saturated heterocycles. The maximum Gasteiger partial charge on any atom is 0.228 e. The van der Waals surface area contributed by atoms with Gasteiger partial charge in [-0.25, -0.2) is 13.4 Å². The van der Waals surface area contributed by atoms with Gasteiger partial charge in [-0.3, -0.25) is 0 Å². The van der Waals surface area contributed by atoms with Crippen LogP contribution in [-0.2, 0) is 21.1 Å². The maximum atomic E-state index is 12.6. The molecule has 5 nitrogen and oxygen atoms in total. The Kier molecular flexibility index (Phi) is 4.54. The molecule has 20 heavy (non-hydrogen) atoms. The van der Waals surface area contributed by atoms with Crippen molar-refractivity contribution in [2.45, 2.75) is 58.3 Å². The molecule has 1 aliphatic heterocycles. The molecule has 0 saturated carbocycles. The number of hydrogen-bond acceptors (Lipinski definition) is 4. The second-order valence-electron chi connectivity index (χ2n) is 5.99.